The number of carbonyl (C=O) groups is 1. The Kier molecular flexibility index (Phi) is 5.81. The zero-order valence-corrected chi connectivity index (χ0v) is 15.2. The highest BCUT2D eigenvalue weighted by atomic mass is 35.5. The molecular weight excluding hydrogens is 369 g/mol. The van der Waals surface area contributed by atoms with E-state index in [2.05, 4.69) is 15.2 Å². The normalized spacial score (nSPS) is 17.1. The van der Waals surface area contributed by atoms with Crippen molar-refractivity contribution in [2.75, 3.05) is 24.6 Å². The number of amides is 1. The molecule has 0 bridgehead atoms. The second-order valence-corrected chi connectivity index (χ2v) is 7.19. The number of nitrogens with zero attached hydrogens (tertiary/aromatic N) is 2. The molecule has 1 aromatic heterocycles. The Morgan fingerprint density at radius 1 is 1.46 bits per heavy atom. The molecule has 1 aromatic carbocycles. The van der Waals surface area contributed by atoms with Gasteiger partial charge in [-0.1, -0.05) is 23.2 Å². The highest BCUT2D eigenvalue weighted by Gasteiger charge is 2.26. The molecule has 1 fully saturated rings. The predicted molar refractivity (Wildman–Crippen MR) is 97.4 cm³/mol. The van der Waals surface area contributed by atoms with Gasteiger partial charge >= 0.3 is 0 Å². The minimum Gasteiger partial charge on any atom is -0.482 e. The molecule has 128 valence electrons. The topological polar surface area (TPSA) is 54.5 Å². The summed E-state index contributed by atoms with van der Waals surface area (Å²) in [5.41, 5.74) is 0. The summed E-state index contributed by atoms with van der Waals surface area (Å²) in [5, 5.41) is 6.81. The van der Waals surface area contributed by atoms with E-state index in [0.29, 0.717) is 22.3 Å². The number of benzene rings is 1. The van der Waals surface area contributed by atoms with Crippen LogP contribution in [-0.4, -0.2) is 36.6 Å². The molecule has 1 saturated heterocycles. The van der Waals surface area contributed by atoms with Crippen molar-refractivity contribution in [3.05, 3.63) is 39.8 Å². The van der Waals surface area contributed by atoms with Crippen molar-refractivity contribution in [3.8, 4) is 5.75 Å². The zero-order chi connectivity index (χ0) is 16.9. The smallest absolute Gasteiger partial charge is 0.258 e. The lowest BCUT2D eigenvalue weighted by molar-refractivity contribution is -0.123. The lowest BCUT2D eigenvalue weighted by atomic mass is 10.2. The number of rotatable bonds is 6. The number of ether oxygens (including phenoxy) is 1. The number of halogens is 2. The molecule has 1 N–H and O–H groups in total. The Bertz CT molecular complexity index is 697. The molecule has 2 heterocycles. The third-order valence-electron chi connectivity index (χ3n) is 3.83. The first-order valence-electron chi connectivity index (χ1n) is 7.64. The molecule has 1 atom stereocenters. The van der Waals surface area contributed by atoms with E-state index in [0.717, 1.165) is 24.5 Å². The Morgan fingerprint density at radius 3 is 3.08 bits per heavy atom. The van der Waals surface area contributed by atoms with Crippen molar-refractivity contribution >= 4 is 45.6 Å². The van der Waals surface area contributed by atoms with Gasteiger partial charge in [-0.05, 0) is 31.0 Å². The molecule has 0 spiro atoms. The fraction of sp³-hybridized carbons (Fsp3) is 0.375. The van der Waals surface area contributed by atoms with Crippen LogP contribution in [0.2, 0.25) is 10.0 Å². The van der Waals surface area contributed by atoms with Crippen molar-refractivity contribution in [1.29, 1.82) is 0 Å². The van der Waals surface area contributed by atoms with E-state index < -0.39 is 0 Å². The van der Waals surface area contributed by atoms with Gasteiger partial charge in [0.1, 0.15) is 5.75 Å². The van der Waals surface area contributed by atoms with Gasteiger partial charge in [-0.25, -0.2) is 4.98 Å². The minimum absolute atomic E-state index is 0.0781. The average molecular weight is 386 g/mol. The minimum atomic E-state index is -0.174. The van der Waals surface area contributed by atoms with Crippen LogP contribution < -0.4 is 15.0 Å². The summed E-state index contributed by atoms with van der Waals surface area (Å²) in [4.78, 5) is 18.6. The molecule has 1 aliphatic heterocycles. The van der Waals surface area contributed by atoms with Crippen LogP contribution in [0.5, 0.6) is 5.75 Å². The van der Waals surface area contributed by atoms with E-state index in [-0.39, 0.29) is 18.6 Å². The molecular formula is C16H17Cl2N3O2S. The molecule has 5 nitrogen and oxygen atoms in total. The van der Waals surface area contributed by atoms with Crippen molar-refractivity contribution in [1.82, 2.24) is 10.3 Å². The van der Waals surface area contributed by atoms with Crippen LogP contribution in [0.1, 0.15) is 12.8 Å². The molecule has 0 unspecified atom stereocenters. The lowest BCUT2D eigenvalue weighted by Gasteiger charge is -2.24. The third kappa shape index (κ3) is 4.32. The molecule has 0 radical (unpaired) electrons. The monoisotopic (exact) mass is 385 g/mol. The molecule has 2 aromatic rings. The highest BCUT2D eigenvalue weighted by Crippen LogP contribution is 2.28. The molecule has 0 aliphatic carbocycles. The van der Waals surface area contributed by atoms with E-state index >= 15 is 0 Å². The number of hydrogen-bond acceptors (Lipinski definition) is 5. The lowest BCUT2D eigenvalue weighted by Crippen LogP contribution is -2.41. The van der Waals surface area contributed by atoms with E-state index in [1.54, 1.807) is 35.7 Å². The van der Waals surface area contributed by atoms with Gasteiger partial charge in [0.2, 0.25) is 0 Å². The number of hydrogen-bond donors (Lipinski definition) is 1. The quantitative estimate of drug-likeness (QED) is 0.824. The van der Waals surface area contributed by atoms with E-state index in [4.69, 9.17) is 27.9 Å². The van der Waals surface area contributed by atoms with E-state index in [9.17, 15) is 4.79 Å². The van der Waals surface area contributed by atoms with Gasteiger partial charge in [-0.15, -0.1) is 11.3 Å². The Balaban J connectivity index is 1.47. The Labute approximate surface area is 154 Å². The van der Waals surface area contributed by atoms with Gasteiger partial charge in [0, 0.05) is 35.7 Å². The van der Waals surface area contributed by atoms with Crippen LogP contribution >= 0.6 is 34.5 Å². The predicted octanol–water partition coefficient (Wildman–Crippen LogP) is 3.61. The summed E-state index contributed by atoms with van der Waals surface area (Å²) < 4.78 is 5.44. The molecule has 3 rings (SSSR count). The summed E-state index contributed by atoms with van der Waals surface area (Å²) >= 11 is 13.5. The SMILES string of the molecule is O=C(COc1ccc(Cl)cc1Cl)NC[C@H]1CCCN1c1nccs1. The largest absolute Gasteiger partial charge is 0.482 e. The second-order valence-electron chi connectivity index (χ2n) is 5.47. The van der Waals surface area contributed by atoms with Gasteiger partial charge in [0.15, 0.2) is 11.7 Å². The Morgan fingerprint density at radius 2 is 2.33 bits per heavy atom. The highest BCUT2D eigenvalue weighted by molar-refractivity contribution is 7.13. The molecule has 1 aliphatic rings. The first-order chi connectivity index (χ1) is 11.6. The van der Waals surface area contributed by atoms with Crippen LogP contribution in [0, 0.1) is 0 Å². The molecule has 24 heavy (non-hydrogen) atoms. The van der Waals surface area contributed by atoms with Gasteiger partial charge in [0.05, 0.1) is 5.02 Å². The standard InChI is InChI=1S/C16H17Cl2N3O2S/c17-11-3-4-14(13(18)8-11)23-10-15(22)20-9-12-2-1-6-21(12)16-19-5-7-24-16/h3-5,7-8,12H,1-2,6,9-10H2,(H,20,22)/t12-/m1/s1. The van der Waals surface area contributed by atoms with Crippen LogP contribution in [0.4, 0.5) is 5.13 Å². The fourth-order valence-electron chi connectivity index (χ4n) is 2.68. The van der Waals surface area contributed by atoms with Crippen molar-refractivity contribution in [2.45, 2.75) is 18.9 Å². The maximum absolute atomic E-state index is 12.0. The van der Waals surface area contributed by atoms with Crippen LogP contribution in [0.3, 0.4) is 0 Å². The third-order valence-corrected chi connectivity index (χ3v) is 5.17. The molecule has 0 saturated carbocycles. The number of nitrogens with one attached hydrogen (secondary N) is 1. The van der Waals surface area contributed by atoms with Crippen molar-refractivity contribution < 1.29 is 9.53 Å². The summed E-state index contributed by atoms with van der Waals surface area (Å²) in [6.07, 6.45) is 3.96. The maximum atomic E-state index is 12.0. The number of carbonyl (C=O) groups excluding carboxylic acids is 1. The summed E-state index contributed by atoms with van der Waals surface area (Å²) in [6, 6.07) is 5.18. The van der Waals surface area contributed by atoms with E-state index in [1.807, 2.05) is 5.38 Å². The van der Waals surface area contributed by atoms with Gasteiger partial charge in [0.25, 0.3) is 5.91 Å². The number of aromatic nitrogens is 1. The summed E-state index contributed by atoms with van der Waals surface area (Å²) in [5.74, 6) is 0.272. The Hall–Kier alpha value is -1.50. The van der Waals surface area contributed by atoms with E-state index in [1.165, 1.54) is 0 Å². The summed E-state index contributed by atoms with van der Waals surface area (Å²) in [6.45, 7) is 1.48. The maximum Gasteiger partial charge on any atom is 0.258 e. The average Bonchev–Trinajstić information content (AvgIpc) is 3.23. The first-order valence-corrected chi connectivity index (χ1v) is 9.28. The van der Waals surface area contributed by atoms with Gasteiger partial charge in [-0.2, -0.15) is 0 Å². The zero-order valence-electron chi connectivity index (χ0n) is 12.9. The van der Waals surface area contributed by atoms with Gasteiger partial charge in [-0.3, -0.25) is 4.79 Å². The number of anilines is 1. The van der Waals surface area contributed by atoms with Crippen molar-refractivity contribution in [2.24, 2.45) is 0 Å². The first kappa shape index (κ1) is 17.3. The van der Waals surface area contributed by atoms with Crippen molar-refractivity contribution in [3.63, 3.8) is 0 Å². The van der Waals surface area contributed by atoms with Gasteiger partial charge < -0.3 is 15.0 Å². The number of thiazole rings is 1. The van der Waals surface area contributed by atoms with Crippen LogP contribution in [0.25, 0.3) is 0 Å². The molecule has 1 amide bonds. The summed E-state index contributed by atoms with van der Waals surface area (Å²) in [7, 11) is 0. The fourth-order valence-corrected chi connectivity index (χ4v) is 3.88. The van der Waals surface area contributed by atoms with Crippen LogP contribution in [-0.2, 0) is 4.79 Å². The van der Waals surface area contributed by atoms with Crippen LogP contribution in [0.15, 0.2) is 29.8 Å². The molecule has 8 heteroatoms. The second kappa shape index (κ2) is 8.05.